The van der Waals surface area contributed by atoms with Gasteiger partial charge >= 0.3 is 0 Å². The summed E-state index contributed by atoms with van der Waals surface area (Å²) in [5.41, 5.74) is 2.10. The van der Waals surface area contributed by atoms with Gasteiger partial charge in [0.1, 0.15) is 0 Å². The van der Waals surface area contributed by atoms with Crippen molar-refractivity contribution in [3.63, 3.8) is 0 Å². The molecule has 4 N–H and O–H groups in total. The first-order valence-electron chi connectivity index (χ1n) is 3.03. The van der Waals surface area contributed by atoms with Crippen LogP contribution in [0.3, 0.4) is 0 Å². The van der Waals surface area contributed by atoms with Crippen LogP contribution in [-0.2, 0) is 4.79 Å². The van der Waals surface area contributed by atoms with Gasteiger partial charge in [-0.3, -0.25) is 10.2 Å². The summed E-state index contributed by atoms with van der Waals surface area (Å²) in [5.74, 6) is 5.32. The van der Waals surface area contributed by atoms with E-state index in [0.29, 0.717) is 12.3 Å². The average Bonchev–Trinajstić information content (AvgIpc) is 1.78. The highest BCUT2D eigenvalue weighted by Gasteiger charge is 2.18. The Hall–Kier alpha value is -0.610. The van der Waals surface area contributed by atoms with Crippen molar-refractivity contribution >= 4 is 5.91 Å². The molecule has 1 amide bonds. The molecule has 0 bridgehead atoms. The number of carbonyl (C=O) groups is 1. The van der Waals surface area contributed by atoms with Crippen molar-refractivity contribution in [3.8, 4) is 0 Å². The molecule has 1 aliphatic rings. The molecule has 0 spiro atoms. The molecule has 0 aliphatic carbocycles. The van der Waals surface area contributed by atoms with Crippen molar-refractivity contribution in [2.45, 2.75) is 6.42 Å². The normalized spacial score (nSPS) is 18.8. The first-order valence-corrected chi connectivity index (χ1v) is 3.03. The smallest absolute Gasteiger partial charge is 0.234 e. The first kappa shape index (κ1) is 6.51. The topological polar surface area (TPSA) is 67.1 Å². The van der Waals surface area contributed by atoms with E-state index >= 15 is 0 Å². The standard InChI is InChI=1S/C5H11N3O/c6-8-5(9)1-4-2-7-3-4/h4,7H,1-3,6H2,(H,8,9). The van der Waals surface area contributed by atoms with Crippen molar-refractivity contribution in [1.29, 1.82) is 0 Å². The fourth-order valence-electron chi connectivity index (χ4n) is 0.814. The molecule has 4 nitrogen and oxygen atoms in total. The molecule has 1 saturated heterocycles. The van der Waals surface area contributed by atoms with Crippen LogP contribution in [0.1, 0.15) is 6.42 Å². The fraction of sp³-hybridized carbons (Fsp3) is 0.800. The minimum absolute atomic E-state index is 0.0681. The Balaban J connectivity index is 2.09. The number of hydrogen-bond acceptors (Lipinski definition) is 3. The number of carbonyl (C=O) groups excluding carboxylic acids is 1. The summed E-state index contributed by atoms with van der Waals surface area (Å²) in [6, 6.07) is 0. The Morgan fingerprint density at radius 1 is 1.78 bits per heavy atom. The maximum atomic E-state index is 10.6. The van der Waals surface area contributed by atoms with Gasteiger partial charge in [-0.1, -0.05) is 0 Å². The van der Waals surface area contributed by atoms with Gasteiger partial charge < -0.3 is 5.32 Å². The summed E-state index contributed by atoms with van der Waals surface area (Å²) in [5, 5.41) is 3.07. The number of amides is 1. The number of hydrazine groups is 1. The predicted octanol–water partition coefficient (Wildman–Crippen LogP) is -1.41. The highest BCUT2D eigenvalue weighted by Crippen LogP contribution is 2.06. The number of rotatable bonds is 2. The van der Waals surface area contributed by atoms with Gasteiger partial charge in [0.05, 0.1) is 0 Å². The van der Waals surface area contributed by atoms with Crippen molar-refractivity contribution in [2.75, 3.05) is 13.1 Å². The number of nitrogens with one attached hydrogen (secondary N) is 2. The van der Waals surface area contributed by atoms with E-state index in [4.69, 9.17) is 5.84 Å². The van der Waals surface area contributed by atoms with Gasteiger partial charge in [-0.05, 0) is 19.0 Å². The summed E-state index contributed by atoms with van der Waals surface area (Å²) >= 11 is 0. The molecule has 1 fully saturated rings. The van der Waals surface area contributed by atoms with E-state index in [1.165, 1.54) is 0 Å². The Labute approximate surface area is 53.8 Å². The minimum atomic E-state index is -0.0681. The molecule has 0 unspecified atom stereocenters. The molecule has 0 radical (unpaired) electrons. The lowest BCUT2D eigenvalue weighted by Gasteiger charge is -2.25. The fourth-order valence-corrected chi connectivity index (χ4v) is 0.814. The summed E-state index contributed by atoms with van der Waals surface area (Å²) in [4.78, 5) is 10.6. The third-order valence-corrected chi connectivity index (χ3v) is 1.50. The van der Waals surface area contributed by atoms with E-state index in [2.05, 4.69) is 10.7 Å². The van der Waals surface area contributed by atoms with Crippen molar-refractivity contribution < 1.29 is 4.79 Å². The second kappa shape index (κ2) is 2.80. The second-order valence-electron chi connectivity index (χ2n) is 2.30. The SMILES string of the molecule is NNC(=O)CC1CNC1. The van der Waals surface area contributed by atoms with Crippen LogP contribution in [0, 0.1) is 5.92 Å². The lowest BCUT2D eigenvalue weighted by Crippen LogP contribution is -2.45. The summed E-state index contributed by atoms with van der Waals surface area (Å²) < 4.78 is 0. The average molecular weight is 129 g/mol. The third-order valence-electron chi connectivity index (χ3n) is 1.50. The quantitative estimate of drug-likeness (QED) is 0.244. The summed E-state index contributed by atoms with van der Waals surface area (Å²) in [7, 11) is 0. The Morgan fingerprint density at radius 3 is 2.78 bits per heavy atom. The largest absolute Gasteiger partial charge is 0.316 e. The molecule has 9 heavy (non-hydrogen) atoms. The molecular weight excluding hydrogens is 118 g/mol. The Bertz CT molecular complexity index is 111. The zero-order chi connectivity index (χ0) is 6.69. The second-order valence-corrected chi connectivity index (χ2v) is 2.30. The van der Waals surface area contributed by atoms with Gasteiger partial charge in [-0.15, -0.1) is 0 Å². The van der Waals surface area contributed by atoms with Gasteiger partial charge in [0.15, 0.2) is 0 Å². The van der Waals surface area contributed by atoms with Crippen molar-refractivity contribution in [3.05, 3.63) is 0 Å². The molecule has 0 aromatic heterocycles. The van der Waals surface area contributed by atoms with Crippen LogP contribution in [-0.4, -0.2) is 19.0 Å². The highest BCUT2D eigenvalue weighted by atomic mass is 16.2. The van der Waals surface area contributed by atoms with Crippen LogP contribution < -0.4 is 16.6 Å². The molecule has 0 aromatic rings. The van der Waals surface area contributed by atoms with E-state index in [-0.39, 0.29) is 5.91 Å². The van der Waals surface area contributed by atoms with Crippen LogP contribution in [0.4, 0.5) is 0 Å². The van der Waals surface area contributed by atoms with Gasteiger partial charge in [-0.25, -0.2) is 5.84 Å². The van der Waals surface area contributed by atoms with Gasteiger partial charge in [0.2, 0.25) is 5.91 Å². The predicted molar refractivity (Wildman–Crippen MR) is 33.3 cm³/mol. The van der Waals surface area contributed by atoms with Gasteiger partial charge in [0, 0.05) is 6.42 Å². The van der Waals surface area contributed by atoms with E-state index in [1.54, 1.807) is 0 Å². The molecule has 0 atom stereocenters. The van der Waals surface area contributed by atoms with Gasteiger partial charge in [0.25, 0.3) is 0 Å². The maximum Gasteiger partial charge on any atom is 0.234 e. The molecule has 0 aromatic carbocycles. The molecular formula is C5H11N3O. The zero-order valence-electron chi connectivity index (χ0n) is 5.18. The monoisotopic (exact) mass is 129 g/mol. The maximum absolute atomic E-state index is 10.6. The lowest BCUT2D eigenvalue weighted by atomic mass is 9.99. The summed E-state index contributed by atoms with van der Waals surface area (Å²) in [6.07, 6.45) is 0.559. The Kier molecular flexibility index (Phi) is 2.02. The highest BCUT2D eigenvalue weighted by molar-refractivity contribution is 5.75. The Morgan fingerprint density at radius 2 is 2.44 bits per heavy atom. The number of nitrogens with two attached hydrogens (primary N) is 1. The van der Waals surface area contributed by atoms with Crippen LogP contribution in [0.25, 0.3) is 0 Å². The van der Waals surface area contributed by atoms with Crippen molar-refractivity contribution in [2.24, 2.45) is 11.8 Å². The van der Waals surface area contributed by atoms with Crippen molar-refractivity contribution in [1.82, 2.24) is 10.7 Å². The molecule has 0 saturated carbocycles. The molecule has 1 aliphatic heterocycles. The van der Waals surface area contributed by atoms with E-state index in [0.717, 1.165) is 13.1 Å². The lowest BCUT2D eigenvalue weighted by molar-refractivity contribution is -0.122. The third kappa shape index (κ3) is 1.65. The van der Waals surface area contributed by atoms with Crippen LogP contribution in [0.2, 0.25) is 0 Å². The molecule has 1 heterocycles. The van der Waals surface area contributed by atoms with Crippen LogP contribution in [0.15, 0.2) is 0 Å². The van der Waals surface area contributed by atoms with Gasteiger partial charge in [-0.2, -0.15) is 0 Å². The molecule has 4 heteroatoms. The van der Waals surface area contributed by atoms with E-state index < -0.39 is 0 Å². The zero-order valence-corrected chi connectivity index (χ0v) is 5.18. The number of hydrogen-bond donors (Lipinski definition) is 3. The van der Waals surface area contributed by atoms with Crippen LogP contribution in [0.5, 0.6) is 0 Å². The van der Waals surface area contributed by atoms with E-state index in [9.17, 15) is 4.79 Å². The first-order chi connectivity index (χ1) is 4.33. The summed E-state index contributed by atoms with van der Waals surface area (Å²) in [6.45, 7) is 1.90. The minimum Gasteiger partial charge on any atom is -0.316 e. The van der Waals surface area contributed by atoms with E-state index in [1.807, 2.05) is 0 Å². The molecule has 1 rings (SSSR count). The molecule has 52 valence electrons. The van der Waals surface area contributed by atoms with Crippen LogP contribution >= 0.6 is 0 Å².